The molecule has 0 saturated carbocycles. The molecule has 0 aromatic heterocycles. The molecule has 2 N–H and O–H groups in total. The van der Waals surface area contributed by atoms with E-state index in [0.29, 0.717) is 11.3 Å². The molecule has 8 heteroatoms. The minimum atomic E-state index is -0.674. The van der Waals surface area contributed by atoms with Gasteiger partial charge in [0.1, 0.15) is 6.61 Å². The van der Waals surface area contributed by atoms with E-state index in [2.05, 4.69) is 22.5 Å². The Bertz CT molecular complexity index is 1090. The standard InChI is InChI=1S/C23H22N2O6/c1-14(26)24-19-11-21(23(29)30-4)20(22(12-19)25-15(2)27)9-8-17-6-5-7-18(10-17)13-31-16(3)28/h5-7,10-12H,13H2,1-4H3,(H,24,26)(H,25,27). The maximum atomic E-state index is 12.4. The van der Waals surface area contributed by atoms with Gasteiger partial charge in [0.2, 0.25) is 11.8 Å². The summed E-state index contributed by atoms with van der Waals surface area (Å²) in [5.74, 6) is 4.07. The maximum absolute atomic E-state index is 12.4. The van der Waals surface area contributed by atoms with E-state index in [1.807, 2.05) is 0 Å². The van der Waals surface area contributed by atoms with Crippen molar-refractivity contribution in [2.24, 2.45) is 0 Å². The van der Waals surface area contributed by atoms with Crippen molar-refractivity contribution in [3.8, 4) is 11.8 Å². The summed E-state index contributed by atoms with van der Waals surface area (Å²) in [5, 5.41) is 5.21. The average molecular weight is 422 g/mol. The number of hydrogen-bond donors (Lipinski definition) is 2. The molecule has 0 atom stereocenters. The molecule has 2 amide bonds. The number of amides is 2. The monoisotopic (exact) mass is 422 g/mol. The number of esters is 2. The van der Waals surface area contributed by atoms with Crippen LogP contribution in [0.2, 0.25) is 0 Å². The van der Waals surface area contributed by atoms with E-state index in [9.17, 15) is 19.2 Å². The van der Waals surface area contributed by atoms with Crippen LogP contribution in [-0.2, 0) is 30.5 Å². The number of hydrogen-bond acceptors (Lipinski definition) is 6. The molecule has 0 fully saturated rings. The van der Waals surface area contributed by atoms with Crippen molar-refractivity contribution in [1.29, 1.82) is 0 Å². The third-order valence-corrected chi connectivity index (χ3v) is 3.88. The molecule has 0 unspecified atom stereocenters. The van der Waals surface area contributed by atoms with Crippen molar-refractivity contribution < 1.29 is 28.7 Å². The number of benzene rings is 2. The summed E-state index contributed by atoms with van der Waals surface area (Å²) in [5.41, 5.74) is 2.24. The van der Waals surface area contributed by atoms with Crippen LogP contribution in [0, 0.1) is 11.8 Å². The van der Waals surface area contributed by atoms with Crippen molar-refractivity contribution in [3.63, 3.8) is 0 Å². The van der Waals surface area contributed by atoms with Crippen LogP contribution in [0.15, 0.2) is 36.4 Å². The van der Waals surface area contributed by atoms with Gasteiger partial charge in [-0.15, -0.1) is 0 Å². The molecule has 0 aliphatic carbocycles. The number of carbonyl (C=O) groups is 4. The molecule has 0 spiro atoms. The Morgan fingerprint density at radius 2 is 1.65 bits per heavy atom. The lowest BCUT2D eigenvalue weighted by Gasteiger charge is -2.13. The molecule has 8 nitrogen and oxygen atoms in total. The van der Waals surface area contributed by atoms with Crippen molar-refractivity contribution in [3.05, 3.63) is 58.7 Å². The first kappa shape index (κ1) is 23.2. The molecular formula is C23H22N2O6. The molecule has 2 aromatic rings. The van der Waals surface area contributed by atoms with Crippen LogP contribution in [0.4, 0.5) is 11.4 Å². The molecule has 0 heterocycles. The van der Waals surface area contributed by atoms with E-state index in [-0.39, 0.29) is 35.2 Å². The number of methoxy groups -OCH3 is 1. The predicted molar refractivity (Wildman–Crippen MR) is 114 cm³/mol. The minimum Gasteiger partial charge on any atom is -0.465 e. The van der Waals surface area contributed by atoms with E-state index in [1.54, 1.807) is 24.3 Å². The van der Waals surface area contributed by atoms with Gasteiger partial charge in [-0.1, -0.05) is 24.0 Å². The SMILES string of the molecule is COC(=O)c1cc(NC(C)=O)cc(NC(C)=O)c1C#Cc1cccc(COC(C)=O)c1. The molecular weight excluding hydrogens is 400 g/mol. The highest BCUT2D eigenvalue weighted by molar-refractivity contribution is 6.01. The minimum absolute atomic E-state index is 0.0843. The average Bonchev–Trinajstić information content (AvgIpc) is 2.70. The van der Waals surface area contributed by atoms with Crippen molar-refractivity contribution in [2.75, 3.05) is 17.7 Å². The Morgan fingerprint density at radius 1 is 0.935 bits per heavy atom. The predicted octanol–water partition coefficient (Wildman–Crippen LogP) is 2.85. The smallest absolute Gasteiger partial charge is 0.339 e. The summed E-state index contributed by atoms with van der Waals surface area (Å²) in [7, 11) is 1.22. The fraction of sp³-hybridized carbons (Fsp3) is 0.217. The van der Waals surface area contributed by atoms with Gasteiger partial charge in [0.15, 0.2) is 0 Å². The van der Waals surface area contributed by atoms with Crippen LogP contribution in [-0.4, -0.2) is 30.9 Å². The Hall–Kier alpha value is -4.12. The lowest BCUT2D eigenvalue weighted by atomic mass is 10.0. The lowest BCUT2D eigenvalue weighted by molar-refractivity contribution is -0.142. The van der Waals surface area contributed by atoms with Crippen molar-refractivity contribution in [2.45, 2.75) is 27.4 Å². The Labute approximate surface area is 179 Å². The number of nitrogens with one attached hydrogen (secondary N) is 2. The Kier molecular flexibility index (Phi) is 7.92. The van der Waals surface area contributed by atoms with Crippen LogP contribution in [0.3, 0.4) is 0 Å². The molecule has 2 rings (SSSR count). The molecule has 0 saturated heterocycles. The zero-order valence-corrected chi connectivity index (χ0v) is 17.6. The summed E-state index contributed by atoms with van der Waals surface area (Å²) in [6, 6.07) is 10.00. The Morgan fingerprint density at radius 3 is 2.26 bits per heavy atom. The van der Waals surface area contributed by atoms with Gasteiger partial charge < -0.3 is 20.1 Å². The van der Waals surface area contributed by atoms with Crippen LogP contribution in [0.1, 0.15) is 47.8 Å². The van der Waals surface area contributed by atoms with Crippen LogP contribution >= 0.6 is 0 Å². The molecule has 0 aliphatic rings. The van der Waals surface area contributed by atoms with E-state index >= 15 is 0 Å². The van der Waals surface area contributed by atoms with Crippen LogP contribution < -0.4 is 10.6 Å². The third kappa shape index (κ3) is 7.01. The van der Waals surface area contributed by atoms with E-state index in [1.165, 1.54) is 40.0 Å². The number of rotatable bonds is 5. The second kappa shape index (κ2) is 10.6. The second-order valence-electron chi connectivity index (χ2n) is 6.53. The molecule has 0 radical (unpaired) electrons. The van der Waals surface area contributed by atoms with E-state index in [0.717, 1.165) is 5.56 Å². The van der Waals surface area contributed by atoms with E-state index in [4.69, 9.17) is 9.47 Å². The first-order valence-corrected chi connectivity index (χ1v) is 9.25. The molecule has 31 heavy (non-hydrogen) atoms. The summed E-state index contributed by atoms with van der Waals surface area (Å²) >= 11 is 0. The summed E-state index contributed by atoms with van der Waals surface area (Å²) in [6.45, 7) is 4.08. The van der Waals surface area contributed by atoms with Gasteiger partial charge in [0, 0.05) is 32.0 Å². The molecule has 0 aliphatic heterocycles. The van der Waals surface area contributed by atoms with Gasteiger partial charge in [-0.25, -0.2) is 4.79 Å². The summed E-state index contributed by atoms with van der Waals surface area (Å²) in [6.07, 6.45) is 0. The maximum Gasteiger partial charge on any atom is 0.339 e. The fourth-order valence-corrected chi connectivity index (χ4v) is 2.67. The lowest BCUT2D eigenvalue weighted by Crippen LogP contribution is -2.14. The number of anilines is 2. The fourth-order valence-electron chi connectivity index (χ4n) is 2.67. The number of carbonyl (C=O) groups excluding carboxylic acids is 4. The van der Waals surface area contributed by atoms with Crippen LogP contribution in [0.25, 0.3) is 0 Å². The van der Waals surface area contributed by atoms with Gasteiger partial charge in [0.25, 0.3) is 0 Å². The zero-order valence-electron chi connectivity index (χ0n) is 17.6. The first-order chi connectivity index (χ1) is 14.7. The van der Waals surface area contributed by atoms with Crippen LogP contribution in [0.5, 0.6) is 0 Å². The normalized spacial score (nSPS) is 9.68. The summed E-state index contributed by atoms with van der Waals surface area (Å²) < 4.78 is 9.83. The van der Waals surface area contributed by atoms with Crippen molar-refractivity contribution >= 4 is 35.1 Å². The van der Waals surface area contributed by atoms with Gasteiger partial charge in [-0.2, -0.15) is 0 Å². The topological polar surface area (TPSA) is 111 Å². The van der Waals surface area contributed by atoms with E-state index < -0.39 is 11.9 Å². The van der Waals surface area contributed by atoms with Crippen molar-refractivity contribution in [1.82, 2.24) is 0 Å². The molecule has 0 bridgehead atoms. The second-order valence-corrected chi connectivity index (χ2v) is 6.53. The highest BCUT2D eigenvalue weighted by Gasteiger charge is 2.18. The third-order valence-electron chi connectivity index (χ3n) is 3.88. The first-order valence-electron chi connectivity index (χ1n) is 9.25. The largest absolute Gasteiger partial charge is 0.465 e. The Balaban J connectivity index is 2.55. The molecule has 2 aromatic carbocycles. The van der Waals surface area contributed by atoms with Gasteiger partial charge in [-0.05, 0) is 29.8 Å². The summed E-state index contributed by atoms with van der Waals surface area (Å²) in [4.78, 5) is 46.5. The van der Waals surface area contributed by atoms with Gasteiger partial charge in [-0.3, -0.25) is 14.4 Å². The highest BCUT2D eigenvalue weighted by atomic mass is 16.5. The quantitative estimate of drug-likeness (QED) is 0.566. The van der Waals surface area contributed by atoms with Gasteiger partial charge >= 0.3 is 11.9 Å². The van der Waals surface area contributed by atoms with Gasteiger partial charge in [0.05, 0.1) is 23.9 Å². The number of ether oxygens (including phenoxy) is 2. The highest BCUT2D eigenvalue weighted by Crippen LogP contribution is 2.26. The zero-order chi connectivity index (χ0) is 23.0. The molecule has 160 valence electrons.